The first-order valence-electron chi connectivity index (χ1n) is 4.68. The van der Waals surface area contributed by atoms with Crippen LogP contribution in [0.2, 0.25) is 0 Å². The molecule has 0 bridgehead atoms. The minimum absolute atomic E-state index is 0.0186. The van der Waals surface area contributed by atoms with E-state index in [9.17, 15) is 0 Å². The fourth-order valence-electron chi connectivity index (χ4n) is 1.07. The molecule has 0 atom stereocenters. The molecule has 0 amide bonds. The molecular weight excluding hydrogens is 150 g/mol. The van der Waals surface area contributed by atoms with Crippen LogP contribution in [-0.2, 0) is 0 Å². The Morgan fingerprint density at radius 3 is 2.17 bits per heavy atom. The van der Waals surface area contributed by atoms with Crippen LogP contribution in [0.25, 0.3) is 0 Å². The number of hydrogen-bond acceptors (Lipinski definition) is 2. The molecule has 2 heteroatoms. The summed E-state index contributed by atoms with van der Waals surface area (Å²) in [6, 6.07) is 0. The molecule has 0 fully saturated rings. The number of nitrogens with zero attached hydrogens (tertiary/aromatic N) is 1. The molecular formula is C10H21NO. The average Bonchev–Trinajstić information content (AvgIpc) is 1.99. The molecule has 0 aromatic carbocycles. The maximum atomic E-state index is 8.83. The summed E-state index contributed by atoms with van der Waals surface area (Å²) in [5.74, 6) is 0.509. The summed E-state index contributed by atoms with van der Waals surface area (Å²) in [4.78, 5) is 0. The van der Waals surface area contributed by atoms with Crippen LogP contribution >= 0.6 is 0 Å². The van der Waals surface area contributed by atoms with Gasteiger partial charge in [0.05, 0.1) is 5.71 Å². The molecule has 0 aliphatic heterocycles. The van der Waals surface area contributed by atoms with E-state index in [4.69, 9.17) is 5.21 Å². The van der Waals surface area contributed by atoms with E-state index in [2.05, 4.69) is 39.8 Å². The third-order valence-electron chi connectivity index (χ3n) is 2.79. The minimum Gasteiger partial charge on any atom is -0.411 e. The smallest absolute Gasteiger partial charge is 0.0629 e. The molecule has 0 aliphatic carbocycles. The van der Waals surface area contributed by atoms with Crippen LogP contribution in [0.4, 0.5) is 0 Å². The van der Waals surface area contributed by atoms with Crippen molar-refractivity contribution in [2.45, 2.75) is 47.5 Å². The van der Waals surface area contributed by atoms with Gasteiger partial charge in [0.25, 0.3) is 0 Å². The van der Waals surface area contributed by atoms with E-state index < -0.39 is 0 Å². The highest BCUT2D eigenvalue weighted by Gasteiger charge is 2.28. The average molecular weight is 171 g/mol. The van der Waals surface area contributed by atoms with Crippen LogP contribution in [0.5, 0.6) is 0 Å². The lowest BCUT2D eigenvalue weighted by Gasteiger charge is -2.29. The third kappa shape index (κ3) is 2.50. The predicted octanol–water partition coefficient (Wildman–Crippen LogP) is 3.30. The van der Waals surface area contributed by atoms with Gasteiger partial charge in [0.2, 0.25) is 0 Å². The molecule has 0 heterocycles. The summed E-state index contributed by atoms with van der Waals surface area (Å²) < 4.78 is 0. The monoisotopic (exact) mass is 171 g/mol. The molecule has 0 aromatic heterocycles. The van der Waals surface area contributed by atoms with E-state index >= 15 is 0 Å². The highest BCUT2D eigenvalue weighted by Crippen LogP contribution is 2.29. The molecule has 2 nitrogen and oxygen atoms in total. The SMILES string of the molecule is CCC/C(=N\O)C(C)(C)C(C)C. The Bertz CT molecular complexity index is 159. The summed E-state index contributed by atoms with van der Waals surface area (Å²) in [5.41, 5.74) is 0.935. The normalized spacial score (nSPS) is 14.0. The largest absolute Gasteiger partial charge is 0.411 e. The Morgan fingerprint density at radius 1 is 1.42 bits per heavy atom. The van der Waals surface area contributed by atoms with Gasteiger partial charge in [0.1, 0.15) is 0 Å². The maximum absolute atomic E-state index is 8.83. The van der Waals surface area contributed by atoms with Gasteiger partial charge in [-0.05, 0) is 12.3 Å². The van der Waals surface area contributed by atoms with Crippen LogP contribution in [0.3, 0.4) is 0 Å². The molecule has 0 unspecified atom stereocenters. The summed E-state index contributed by atoms with van der Waals surface area (Å²) in [7, 11) is 0. The van der Waals surface area contributed by atoms with E-state index in [1.165, 1.54) is 0 Å². The van der Waals surface area contributed by atoms with E-state index in [1.807, 2.05) is 0 Å². The first-order chi connectivity index (χ1) is 5.46. The summed E-state index contributed by atoms with van der Waals surface area (Å²) in [6.07, 6.45) is 1.93. The van der Waals surface area contributed by atoms with Gasteiger partial charge < -0.3 is 5.21 Å². The molecule has 0 saturated heterocycles. The summed E-state index contributed by atoms with van der Waals surface area (Å²) >= 11 is 0. The Hall–Kier alpha value is -0.530. The van der Waals surface area contributed by atoms with Crippen LogP contribution in [0, 0.1) is 11.3 Å². The van der Waals surface area contributed by atoms with Crippen molar-refractivity contribution in [1.29, 1.82) is 0 Å². The van der Waals surface area contributed by atoms with Crippen molar-refractivity contribution in [2.75, 3.05) is 0 Å². The van der Waals surface area contributed by atoms with E-state index in [1.54, 1.807) is 0 Å². The van der Waals surface area contributed by atoms with Gasteiger partial charge in [-0.2, -0.15) is 0 Å². The molecule has 12 heavy (non-hydrogen) atoms. The molecule has 1 N–H and O–H groups in total. The van der Waals surface area contributed by atoms with Crippen molar-refractivity contribution < 1.29 is 5.21 Å². The van der Waals surface area contributed by atoms with Gasteiger partial charge in [0.15, 0.2) is 0 Å². The van der Waals surface area contributed by atoms with Crippen LogP contribution in [0.15, 0.2) is 5.16 Å². The molecule has 0 saturated carbocycles. The Labute approximate surface area is 75.7 Å². The van der Waals surface area contributed by atoms with Crippen molar-refractivity contribution in [3.8, 4) is 0 Å². The molecule has 0 aromatic rings. The molecule has 0 aliphatic rings. The van der Waals surface area contributed by atoms with Gasteiger partial charge in [-0.3, -0.25) is 0 Å². The van der Waals surface area contributed by atoms with Crippen molar-refractivity contribution in [1.82, 2.24) is 0 Å². The zero-order valence-electron chi connectivity index (χ0n) is 8.89. The van der Waals surface area contributed by atoms with Crippen LogP contribution in [0.1, 0.15) is 47.5 Å². The van der Waals surface area contributed by atoms with Gasteiger partial charge in [-0.25, -0.2) is 0 Å². The fraction of sp³-hybridized carbons (Fsp3) is 0.900. The maximum Gasteiger partial charge on any atom is 0.0629 e. The lowest BCUT2D eigenvalue weighted by Crippen LogP contribution is -2.29. The summed E-state index contributed by atoms with van der Waals surface area (Å²) in [6.45, 7) is 10.7. The van der Waals surface area contributed by atoms with Crippen molar-refractivity contribution in [3.63, 3.8) is 0 Å². The molecule has 0 rings (SSSR count). The first kappa shape index (κ1) is 11.5. The van der Waals surface area contributed by atoms with Gasteiger partial charge in [-0.1, -0.05) is 46.2 Å². The number of hydrogen-bond donors (Lipinski definition) is 1. The van der Waals surface area contributed by atoms with Gasteiger partial charge in [0, 0.05) is 5.41 Å². The zero-order valence-corrected chi connectivity index (χ0v) is 8.89. The zero-order chi connectivity index (χ0) is 9.78. The molecule has 72 valence electrons. The standard InChI is InChI=1S/C10H21NO/c1-6-7-9(11-12)10(4,5)8(2)3/h8,12H,6-7H2,1-5H3/b11-9+. The van der Waals surface area contributed by atoms with Crippen LogP contribution < -0.4 is 0 Å². The highest BCUT2D eigenvalue weighted by atomic mass is 16.4. The van der Waals surface area contributed by atoms with Gasteiger partial charge >= 0.3 is 0 Å². The number of rotatable bonds is 4. The van der Waals surface area contributed by atoms with Crippen molar-refractivity contribution >= 4 is 5.71 Å². The fourth-order valence-corrected chi connectivity index (χ4v) is 1.07. The molecule has 0 radical (unpaired) electrons. The van der Waals surface area contributed by atoms with Crippen molar-refractivity contribution in [2.24, 2.45) is 16.5 Å². The lowest BCUT2D eigenvalue weighted by atomic mass is 9.75. The van der Waals surface area contributed by atoms with E-state index in [-0.39, 0.29) is 5.41 Å². The Balaban J connectivity index is 4.49. The third-order valence-corrected chi connectivity index (χ3v) is 2.79. The summed E-state index contributed by atoms with van der Waals surface area (Å²) in [5, 5.41) is 12.2. The first-order valence-corrected chi connectivity index (χ1v) is 4.68. The molecule has 0 spiro atoms. The quantitative estimate of drug-likeness (QED) is 0.393. The van der Waals surface area contributed by atoms with Gasteiger partial charge in [-0.15, -0.1) is 0 Å². The topological polar surface area (TPSA) is 32.6 Å². The Kier molecular flexibility index (Phi) is 4.29. The van der Waals surface area contributed by atoms with E-state index in [0.29, 0.717) is 5.92 Å². The Morgan fingerprint density at radius 2 is 1.92 bits per heavy atom. The van der Waals surface area contributed by atoms with E-state index in [0.717, 1.165) is 18.6 Å². The second-order valence-corrected chi connectivity index (χ2v) is 4.17. The highest BCUT2D eigenvalue weighted by molar-refractivity contribution is 5.89. The number of oxime groups is 1. The lowest BCUT2D eigenvalue weighted by molar-refractivity contribution is 0.288. The van der Waals surface area contributed by atoms with Crippen LogP contribution in [-0.4, -0.2) is 10.9 Å². The van der Waals surface area contributed by atoms with Crippen molar-refractivity contribution in [3.05, 3.63) is 0 Å². The predicted molar refractivity (Wildman–Crippen MR) is 52.7 cm³/mol. The second-order valence-electron chi connectivity index (χ2n) is 4.17. The second kappa shape index (κ2) is 4.48. The minimum atomic E-state index is 0.0186.